The Hall–Kier alpha value is -3.26. The van der Waals surface area contributed by atoms with Crippen molar-refractivity contribution in [1.29, 1.82) is 0 Å². The molecule has 0 radical (unpaired) electrons. The van der Waals surface area contributed by atoms with Gasteiger partial charge in [-0.2, -0.15) is 13.2 Å². The molecule has 0 unspecified atom stereocenters. The van der Waals surface area contributed by atoms with E-state index in [2.05, 4.69) is 16.0 Å². The number of hydrogen-bond acceptors (Lipinski definition) is 3. The highest BCUT2D eigenvalue weighted by Crippen LogP contribution is 2.29. The monoisotopic (exact) mass is 457 g/mol. The zero-order valence-electron chi connectivity index (χ0n) is 18.1. The van der Waals surface area contributed by atoms with Crippen LogP contribution in [-0.4, -0.2) is 53.6 Å². The summed E-state index contributed by atoms with van der Waals surface area (Å²) < 4.78 is 43.6. The highest BCUT2D eigenvalue weighted by Gasteiger charge is 2.29. The molecule has 0 saturated carbocycles. The molecule has 1 N–H and O–H groups in total. The van der Waals surface area contributed by atoms with Crippen LogP contribution in [0.1, 0.15) is 22.4 Å². The normalized spacial score (nSPS) is 14.9. The average molecular weight is 457 g/mol. The van der Waals surface area contributed by atoms with E-state index in [9.17, 15) is 18.0 Å². The molecular formula is C25H26F3N3O2. The summed E-state index contributed by atoms with van der Waals surface area (Å²) in [4.78, 5) is 19.7. The lowest BCUT2D eigenvalue weighted by molar-refractivity contribution is -0.137. The Kier molecular flexibility index (Phi) is 7.03. The van der Waals surface area contributed by atoms with Crippen molar-refractivity contribution in [1.82, 2.24) is 14.8 Å². The SMILES string of the molecule is O=C(Oc1ccc(Cc2ccc(C(F)(F)F)cc2)cc1)N1CCN(CCc2ccc[nH]2)CC1. The molecule has 1 amide bonds. The smallest absolute Gasteiger partial charge is 0.410 e. The molecule has 0 atom stereocenters. The number of benzene rings is 2. The Labute approximate surface area is 190 Å². The van der Waals surface area contributed by atoms with Crippen LogP contribution in [0.5, 0.6) is 5.75 Å². The van der Waals surface area contributed by atoms with Crippen LogP contribution >= 0.6 is 0 Å². The predicted molar refractivity (Wildman–Crippen MR) is 119 cm³/mol. The number of amides is 1. The first-order valence-electron chi connectivity index (χ1n) is 10.9. The van der Waals surface area contributed by atoms with E-state index in [1.165, 1.54) is 17.8 Å². The van der Waals surface area contributed by atoms with Gasteiger partial charge >= 0.3 is 12.3 Å². The first-order chi connectivity index (χ1) is 15.9. The minimum atomic E-state index is -4.33. The number of nitrogens with one attached hydrogen (secondary N) is 1. The number of nitrogens with zero attached hydrogens (tertiary/aromatic N) is 2. The molecule has 1 aromatic heterocycles. The number of rotatable bonds is 6. The molecule has 4 rings (SSSR count). The van der Waals surface area contributed by atoms with Gasteiger partial charge in [-0.15, -0.1) is 0 Å². The maximum absolute atomic E-state index is 12.7. The van der Waals surface area contributed by atoms with Crippen molar-refractivity contribution in [2.75, 3.05) is 32.7 Å². The summed E-state index contributed by atoms with van der Waals surface area (Å²) in [6.45, 7) is 3.80. The fraction of sp³-hybridized carbons (Fsp3) is 0.320. The van der Waals surface area contributed by atoms with Crippen molar-refractivity contribution in [3.63, 3.8) is 0 Å². The Bertz CT molecular complexity index is 1020. The summed E-state index contributed by atoms with van der Waals surface area (Å²) >= 11 is 0. The Morgan fingerprint density at radius 3 is 2.12 bits per heavy atom. The fourth-order valence-electron chi connectivity index (χ4n) is 3.84. The van der Waals surface area contributed by atoms with E-state index in [0.29, 0.717) is 25.3 Å². The number of ether oxygens (including phenoxy) is 1. The van der Waals surface area contributed by atoms with Gasteiger partial charge in [0, 0.05) is 51.0 Å². The number of aromatic nitrogens is 1. The second-order valence-corrected chi connectivity index (χ2v) is 8.16. The third-order valence-corrected chi connectivity index (χ3v) is 5.81. The van der Waals surface area contributed by atoms with Gasteiger partial charge in [0.2, 0.25) is 0 Å². The number of alkyl halides is 3. The molecule has 1 fully saturated rings. The topological polar surface area (TPSA) is 48.6 Å². The number of carbonyl (C=O) groups excluding carboxylic acids is 1. The van der Waals surface area contributed by atoms with Gasteiger partial charge in [0.15, 0.2) is 0 Å². The van der Waals surface area contributed by atoms with Crippen molar-refractivity contribution < 1.29 is 22.7 Å². The van der Waals surface area contributed by atoms with Gasteiger partial charge in [0.25, 0.3) is 0 Å². The largest absolute Gasteiger partial charge is 0.416 e. The van der Waals surface area contributed by atoms with Crippen molar-refractivity contribution in [2.24, 2.45) is 0 Å². The first-order valence-corrected chi connectivity index (χ1v) is 10.9. The Morgan fingerprint density at radius 2 is 1.55 bits per heavy atom. The van der Waals surface area contributed by atoms with Crippen LogP contribution in [0.15, 0.2) is 66.9 Å². The molecule has 1 saturated heterocycles. The lowest BCUT2D eigenvalue weighted by Crippen LogP contribution is -2.49. The molecule has 0 bridgehead atoms. The Balaban J connectivity index is 1.23. The van der Waals surface area contributed by atoms with Crippen LogP contribution in [-0.2, 0) is 19.0 Å². The molecule has 2 heterocycles. The second-order valence-electron chi connectivity index (χ2n) is 8.16. The molecule has 3 aromatic rings. The van der Waals surface area contributed by atoms with Crippen LogP contribution < -0.4 is 4.74 Å². The third kappa shape index (κ3) is 6.38. The summed E-state index contributed by atoms with van der Waals surface area (Å²) in [5, 5.41) is 0. The van der Waals surface area contributed by atoms with E-state index >= 15 is 0 Å². The predicted octanol–water partition coefficient (Wildman–Crippen LogP) is 4.98. The number of piperazine rings is 1. The van der Waals surface area contributed by atoms with Crippen LogP contribution in [0.4, 0.5) is 18.0 Å². The van der Waals surface area contributed by atoms with E-state index in [1.807, 2.05) is 24.4 Å². The van der Waals surface area contributed by atoms with Gasteiger partial charge in [0.05, 0.1) is 5.56 Å². The maximum Gasteiger partial charge on any atom is 0.416 e. The summed E-state index contributed by atoms with van der Waals surface area (Å²) in [6.07, 6.45) is -1.33. The number of H-pyrrole nitrogens is 1. The average Bonchev–Trinajstić information content (AvgIpc) is 3.33. The van der Waals surface area contributed by atoms with E-state index in [4.69, 9.17) is 4.74 Å². The van der Waals surface area contributed by atoms with Gasteiger partial charge in [-0.1, -0.05) is 24.3 Å². The molecule has 0 aliphatic carbocycles. The van der Waals surface area contributed by atoms with Crippen molar-refractivity contribution >= 4 is 6.09 Å². The standard InChI is InChI=1S/C25H26F3N3O2/c26-25(27,28)21-7-3-19(4-8-21)18-20-5-9-23(10-6-20)33-24(32)31-16-14-30(15-17-31)13-11-22-2-1-12-29-22/h1-10,12,29H,11,13-18H2. The van der Waals surface area contributed by atoms with Gasteiger partial charge < -0.3 is 14.6 Å². The molecule has 2 aromatic carbocycles. The fourth-order valence-corrected chi connectivity index (χ4v) is 3.84. The van der Waals surface area contributed by atoms with Gasteiger partial charge in [0.1, 0.15) is 5.75 Å². The van der Waals surface area contributed by atoms with Crippen LogP contribution in [0, 0.1) is 0 Å². The van der Waals surface area contributed by atoms with E-state index in [1.54, 1.807) is 17.0 Å². The highest BCUT2D eigenvalue weighted by atomic mass is 19.4. The summed E-state index contributed by atoms with van der Waals surface area (Å²) in [6, 6.07) is 16.3. The van der Waals surface area contributed by atoms with E-state index in [-0.39, 0.29) is 6.09 Å². The zero-order chi connectivity index (χ0) is 23.3. The molecule has 0 spiro atoms. The quantitative estimate of drug-likeness (QED) is 0.568. The second kappa shape index (κ2) is 10.1. The first kappa shape index (κ1) is 22.9. The highest BCUT2D eigenvalue weighted by molar-refractivity contribution is 5.70. The molecular weight excluding hydrogens is 431 g/mol. The Morgan fingerprint density at radius 1 is 0.909 bits per heavy atom. The number of aromatic amines is 1. The van der Waals surface area contributed by atoms with Crippen molar-refractivity contribution in [3.05, 3.63) is 89.2 Å². The number of carbonyl (C=O) groups is 1. The molecule has 1 aliphatic rings. The van der Waals surface area contributed by atoms with Crippen molar-refractivity contribution in [2.45, 2.75) is 19.0 Å². The van der Waals surface area contributed by atoms with Gasteiger partial charge in [-0.3, -0.25) is 4.90 Å². The molecule has 8 heteroatoms. The number of halogens is 3. The van der Waals surface area contributed by atoms with Gasteiger partial charge in [-0.05, 0) is 53.9 Å². The summed E-state index contributed by atoms with van der Waals surface area (Å²) in [5.41, 5.74) is 2.25. The zero-order valence-corrected chi connectivity index (χ0v) is 18.1. The van der Waals surface area contributed by atoms with Gasteiger partial charge in [-0.25, -0.2) is 4.79 Å². The lowest BCUT2D eigenvalue weighted by Gasteiger charge is -2.33. The summed E-state index contributed by atoms with van der Waals surface area (Å²) in [7, 11) is 0. The minimum Gasteiger partial charge on any atom is -0.410 e. The third-order valence-electron chi connectivity index (χ3n) is 5.81. The molecule has 33 heavy (non-hydrogen) atoms. The minimum absolute atomic E-state index is 0.366. The van der Waals surface area contributed by atoms with Crippen LogP contribution in [0.25, 0.3) is 0 Å². The number of hydrogen-bond donors (Lipinski definition) is 1. The van der Waals surface area contributed by atoms with Crippen LogP contribution in [0.2, 0.25) is 0 Å². The lowest BCUT2D eigenvalue weighted by atomic mass is 10.0. The van der Waals surface area contributed by atoms with E-state index < -0.39 is 11.7 Å². The van der Waals surface area contributed by atoms with Crippen LogP contribution in [0.3, 0.4) is 0 Å². The van der Waals surface area contributed by atoms with E-state index in [0.717, 1.165) is 49.3 Å². The summed E-state index contributed by atoms with van der Waals surface area (Å²) in [5.74, 6) is 0.449. The molecule has 1 aliphatic heterocycles. The molecule has 174 valence electrons. The van der Waals surface area contributed by atoms with Crippen molar-refractivity contribution in [3.8, 4) is 5.75 Å². The maximum atomic E-state index is 12.7. The molecule has 5 nitrogen and oxygen atoms in total.